The molecule has 0 spiro atoms. The van der Waals surface area contributed by atoms with Gasteiger partial charge in [-0.15, -0.1) is 5.23 Å². The van der Waals surface area contributed by atoms with Crippen LogP contribution in [0, 0.1) is 11.4 Å². The summed E-state index contributed by atoms with van der Waals surface area (Å²) in [5.41, 5.74) is 0. The average Bonchev–Trinajstić information content (AvgIpc) is 1.68. The maximum absolute atomic E-state index is 9.78. The molecule has 0 aromatic rings. The van der Waals surface area contributed by atoms with Crippen LogP contribution in [0.4, 0.5) is 0 Å². The van der Waals surface area contributed by atoms with Gasteiger partial charge in [-0.3, -0.25) is 0 Å². The first-order valence-electron chi connectivity index (χ1n) is 1.44. The van der Waals surface area contributed by atoms with Crippen molar-refractivity contribution in [2.24, 2.45) is 0 Å². The molecular formula is C2H4N3O2-. The molecule has 1 N–H and O–H groups in total. The Morgan fingerprint density at radius 2 is 2.57 bits per heavy atom. The Morgan fingerprint density at radius 1 is 2.00 bits per heavy atom. The number of hydroxylamine groups is 2. The molecule has 7 heavy (non-hydrogen) atoms. The summed E-state index contributed by atoms with van der Waals surface area (Å²) in [7, 11) is 1.16. The monoisotopic (exact) mass is 102 g/mol. The van der Waals surface area contributed by atoms with E-state index in [0.29, 0.717) is 0 Å². The smallest absolute Gasteiger partial charge is 0.393 e. The highest BCUT2D eigenvalue weighted by Gasteiger charge is 1.82. The third-order valence-corrected chi connectivity index (χ3v) is 0.297. The van der Waals surface area contributed by atoms with Gasteiger partial charge in [-0.25, -0.2) is 4.95 Å². The van der Waals surface area contributed by atoms with Crippen molar-refractivity contribution in [1.29, 1.82) is 0 Å². The van der Waals surface area contributed by atoms with Crippen LogP contribution in [0.15, 0.2) is 0 Å². The molecule has 0 saturated carbocycles. The lowest BCUT2D eigenvalue weighted by Gasteiger charge is -2.02. The zero-order valence-corrected chi connectivity index (χ0v) is 3.71. The molecule has 0 bridgehead atoms. The third-order valence-electron chi connectivity index (χ3n) is 0.297. The zero-order chi connectivity index (χ0) is 5.70. The second kappa shape index (κ2) is 3.21. The highest BCUT2D eigenvalue weighted by Crippen LogP contribution is 1.77. The van der Waals surface area contributed by atoms with Crippen LogP contribution in [0.25, 0.3) is 10.8 Å². The largest absolute Gasteiger partial charge is 0.613 e. The van der Waals surface area contributed by atoms with Crippen molar-refractivity contribution < 1.29 is 4.84 Å². The lowest BCUT2D eigenvalue weighted by atomic mass is 11.4. The normalized spacial score (nSPS) is 6.57. The van der Waals surface area contributed by atoms with Gasteiger partial charge in [-0.2, -0.15) is 4.84 Å². The van der Waals surface area contributed by atoms with Gasteiger partial charge >= 0.3 is 6.19 Å². The van der Waals surface area contributed by atoms with E-state index in [1.165, 1.54) is 0 Å². The van der Waals surface area contributed by atoms with Gasteiger partial charge in [-0.1, -0.05) is 0 Å². The predicted molar refractivity (Wildman–Crippen MR) is 23.8 cm³/mol. The Bertz CT molecular complexity index is 92.8. The Balaban J connectivity index is 3.29. The molecule has 0 heterocycles. The van der Waals surface area contributed by atoms with E-state index in [9.17, 15) is 5.21 Å². The van der Waals surface area contributed by atoms with E-state index in [0.717, 1.165) is 7.11 Å². The Morgan fingerprint density at radius 3 is 2.71 bits per heavy atom. The van der Waals surface area contributed by atoms with E-state index < -0.39 is 0 Å². The SMILES string of the molecule is CON([O-])C#[N+][NH-]. The van der Waals surface area contributed by atoms with Crippen LogP contribution in [0.3, 0.4) is 0 Å². The van der Waals surface area contributed by atoms with Crippen molar-refractivity contribution in [3.63, 3.8) is 0 Å². The van der Waals surface area contributed by atoms with Crippen LogP contribution in [0.2, 0.25) is 0 Å². The molecule has 0 atom stereocenters. The quantitative estimate of drug-likeness (QED) is 0.276. The first kappa shape index (κ1) is 6.01. The van der Waals surface area contributed by atoms with Gasteiger partial charge in [-0.05, 0) is 0 Å². The minimum absolute atomic E-state index is 0.0486. The minimum atomic E-state index is -0.0486. The predicted octanol–water partition coefficient (Wildman–Crippen LogP) is 0.605. The van der Waals surface area contributed by atoms with Crippen molar-refractivity contribution in [1.82, 2.24) is 5.23 Å². The maximum Gasteiger partial charge on any atom is 0.393 e. The summed E-state index contributed by atoms with van der Waals surface area (Å²) >= 11 is 0. The fourth-order valence-electron chi connectivity index (χ4n) is 0.0816. The maximum atomic E-state index is 9.78. The van der Waals surface area contributed by atoms with E-state index in [1.807, 2.05) is 0 Å². The van der Waals surface area contributed by atoms with Crippen LogP contribution in [0.1, 0.15) is 0 Å². The van der Waals surface area contributed by atoms with Crippen LogP contribution >= 0.6 is 0 Å². The molecule has 0 aromatic heterocycles. The molecule has 5 nitrogen and oxygen atoms in total. The van der Waals surface area contributed by atoms with E-state index in [2.05, 4.69) is 9.79 Å². The standard InChI is InChI=1S/C2H4N3O2/c1-7-5(6)2-4-3/h3H,1H3/q-1. The number of hydrogen-bond donors (Lipinski definition) is 0. The summed E-state index contributed by atoms with van der Waals surface area (Å²) in [5.74, 6) is 6.03. The van der Waals surface area contributed by atoms with Gasteiger partial charge in [0.15, 0.2) is 0 Å². The number of hydrogen-bond acceptors (Lipinski definition) is 3. The van der Waals surface area contributed by atoms with Gasteiger partial charge in [0, 0.05) is 0 Å². The Kier molecular flexibility index (Phi) is 2.76. The van der Waals surface area contributed by atoms with Crippen LogP contribution in [-0.2, 0) is 4.84 Å². The summed E-state index contributed by atoms with van der Waals surface area (Å²) in [5, 5.41) is 9.73. The molecule has 0 rings (SSSR count). The number of rotatable bonds is 1. The number of nitrogens with one attached hydrogen (secondary N) is 1. The minimum Gasteiger partial charge on any atom is -0.613 e. The fourth-order valence-corrected chi connectivity index (χ4v) is 0.0816. The summed E-state index contributed by atoms with van der Waals surface area (Å²) in [6, 6.07) is 0. The van der Waals surface area contributed by atoms with Crippen molar-refractivity contribution >= 4 is 0 Å². The fraction of sp³-hybridized carbons (Fsp3) is 0.500. The summed E-state index contributed by atoms with van der Waals surface area (Å²) in [6.07, 6.45) is 1.64. The highest BCUT2D eigenvalue weighted by atomic mass is 16.9. The first-order valence-corrected chi connectivity index (χ1v) is 1.44. The van der Waals surface area contributed by atoms with Gasteiger partial charge < -0.3 is 11.0 Å². The van der Waals surface area contributed by atoms with E-state index in [4.69, 9.17) is 5.84 Å². The first-order chi connectivity index (χ1) is 3.31. The van der Waals surface area contributed by atoms with Crippen LogP contribution in [0.5, 0.6) is 0 Å². The third kappa shape index (κ3) is 2.82. The van der Waals surface area contributed by atoms with Crippen LogP contribution in [-0.4, -0.2) is 12.3 Å². The van der Waals surface area contributed by atoms with Crippen LogP contribution < -0.4 is 0 Å². The molecule has 0 saturated heterocycles. The molecular weight excluding hydrogens is 98.0 g/mol. The highest BCUT2D eigenvalue weighted by molar-refractivity contribution is 4.82. The molecule has 0 fully saturated rings. The second-order valence-electron chi connectivity index (χ2n) is 0.651. The average molecular weight is 102 g/mol. The van der Waals surface area contributed by atoms with E-state index in [1.54, 1.807) is 6.19 Å². The molecule has 0 aliphatic heterocycles. The van der Waals surface area contributed by atoms with E-state index in [-0.39, 0.29) is 5.23 Å². The molecule has 5 heteroatoms. The Labute approximate surface area is 40.6 Å². The number of nitrogens with zero attached hydrogens (tertiary/aromatic N) is 2. The molecule has 0 radical (unpaired) electrons. The molecule has 0 aliphatic carbocycles. The van der Waals surface area contributed by atoms with Gasteiger partial charge in [0.05, 0.1) is 7.11 Å². The van der Waals surface area contributed by atoms with E-state index >= 15 is 0 Å². The summed E-state index contributed by atoms with van der Waals surface area (Å²) in [4.78, 5) is 6.44. The molecule has 0 amide bonds. The van der Waals surface area contributed by atoms with Gasteiger partial charge in [0.25, 0.3) is 0 Å². The van der Waals surface area contributed by atoms with Crippen molar-refractivity contribution in [3.8, 4) is 6.19 Å². The molecule has 40 valence electrons. The Hall–Kier alpha value is -0.990. The second-order valence-corrected chi connectivity index (χ2v) is 0.651. The van der Waals surface area contributed by atoms with Crippen molar-refractivity contribution in [2.75, 3.05) is 7.11 Å². The zero-order valence-electron chi connectivity index (χ0n) is 3.71. The van der Waals surface area contributed by atoms with Gasteiger partial charge in [0.1, 0.15) is 0 Å². The lowest BCUT2D eigenvalue weighted by molar-refractivity contribution is -0.0329. The topological polar surface area (TPSA) is 63.7 Å². The summed E-state index contributed by atoms with van der Waals surface area (Å²) < 4.78 is 0. The van der Waals surface area contributed by atoms with Crippen molar-refractivity contribution in [2.45, 2.75) is 0 Å². The molecule has 0 aromatic carbocycles. The molecule has 0 aliphatic rings. The van der Waals surface area contributed by atoms with Crippen molar-refractivity contribution in [3.05, 3.63) is 16.0 Å². The lowest BCUT2D eigenvalue weighted by Crippen LogP contribution is -2.04. The molecule has 0 unspecified atom stereocenters. The summed E-state index contributed by atoms with van der Waals surface area (Å²) in [6.45, 7) is 0. The van der Waals surface area contributed by atoms with Gasteiger partial charge in [0.2, 0.25) is 0 Å².